The van der Waals surface area contributed by atoms with Crippen LogP contribution in [0.5, 0.6) is 5.75 Å². The van der Waals surface area contributed by atoms with E-state index in [1.165, 1.54) is 0 Å². The summed E-state index contributed by atoms with van der Waals surface area (Å²) in [7, 11) is 0. The summed E-state index contributed by atoms with van der Waals surface area (Å²) in [6.45, 7) is 1.91. The summed E-state index contributed by atoms with van der Waals surface area (Å²) in [5, 5.41) is 8.92. The second-order valence-corrected chi connectivity index (χ2v) is 5.33. The molecule has 0 fully saturated rings. The molecule has 0 heterocycles. The maximum atomic E-state index is 13.5. The smallest absolute Gasteiger partial charge is 0.337 e. The fourth-order valence-electron chi connectivity index (χ4n) is 1.08. The van der Waals surface area contributed by atoms with Crippen LogP contribution in [-0.2, 0) is 0 Å². The minimum atomic E-state index is -1.20. The van der Waals surface area contributed by atoms with Crippen molar-refractivity contribution < 1.29 is 19.0 Å². The molecule has 0 aliphatic carbocycles. The van der Waals surface area contributed by atoms with Gasteiger partial charge in [0, 0.05) is 6.04 Å². The van der Waals surface area contributed by atoms with E-state index in [1.807, 2.05) is 0 Å². The minimum Gasteiger partial charge on any atom is -0.490 e. The fraction of sp³-hybridized carbons (Fsp3) is 0.300. The van der Waals surface area contributed by atoms with E-state index in [-0.39, 0.29) is 28.4 Å². The Kier molecular flexibility index (Phi) is 5.14. The molecule has 1 unspecified atom stereocenters. The largest absolute Gasteiger partial charge is 0.490 e. The van der Waals surface area contributed by atoms with Gasteiger partial charge in [0.15, 0.2) is 5.75 Å². The van der Waals surface area contributed by atoms with E-state index < -0.39 is 11.8 Å². The third kappa shape index (κ3) is 3.52. The molecule has 0 aliphatic rings. The molecule has 17 heavy (non-hydrogen) atoms. The van der Waals surface area contributed by atoms with E-state index in [2.05, 4.69) is 15.9 Å². The Balaban J connectivity index is 3.22. The molecule has 7 heteroatoms. The van der Waals surface area contributed by atoms with Crippen LogP contribution in [0, 0.1) is 9.39 Å². The number of benzene rings is 1. The van der Waals surface area contributed by atoms with Crippen molar-refractivity contribution in [1.82, 2.24) is 0 Å². The minimum absolute atomic E-state index is 0.104. The molecular formula is C10H10BrFINO3. The van der Waals surface area contributed by atoms with E-state index in [1.54, 1.807) is 29.5 Å². The van der Waals surface area contributed by atoms with Crippen LogP contribution in [0.25, 0.3) is 0 Å². The topological polar surface area (TPSA) is 72.5 Å². The zero-order valence-corrected chi connectivity index (χ0v) is 12.6. The summed E-state index contributed by atoms with van der Waals surface area (Å²) >= 11 is 4.83. The molecule has 4 nitrogen and oxygen atoms in total. The summed E-state index contributed by atoms with van der Waals surface area (Å²) in [5.74, 6) is -1.71. The van der Waals surface area contributed by atoms with Crippen molar-refractivity contribution in [2.45, 2.75) is 13.0 Å². The molecule has 1 aromatic rings. The number of ether oxygens (including phenoxy) is 1. The number of aromatic carboxylic acids is 1. The Morgan fingerprint density at radius 1 is 1.76 bits per heavy atom. The number of nitrogens with two attached hydrogens (primary N) is 1. The van der Waals surface area contributed by atoms with E-state index in [0.717, 1.165) is 6.07 Å². The van der Waals surface area contributed by atoms with E-state index in [0.29, 0.717) is 3.57 Å². The zero-order chi connectivity index (χ0) is 13.2. The van der Waals surface area contributed by atoms with Gasteiger partial charge in [-0.05, 0) is 51.5 Å². The highest BCUT2D eigenvalue weighted by atomic mass is 127. The lowest BCUT2D eigenvalue weighted by Crippen LogP contribution is -2.24. The number of hydrogen-bond donors (Lipinski definition) is 2. The van der Waals surface area contributed by atoms with Crippen molar-refractivity contribution in [3.8, 4) is 5.75 Å². The van der Waals surface area contributed by atoms with Crippen molar-refractivity contribution >= 4 is 44.5 Å². The van der Waals surface area contributed by atoms with Crippen molar-refractivity contribution in [3.63, 3.8) is 0 Å². The number of carboxylic acids is 1. The van der Waals surface area contributed by atoms with Gasteiger partial charge >= 0.3 is 5.97 Å². The van der Waals surface area contributed by atoms with E-state index >= 15 is 0 Å². The standard InChI is InChI=1S/C10H10BrFINO3/c1-4(14)3-17-9-7(11)6(12)2-5(8(9)13)10(15)16/h2,4H,3,14H2,1H3,(H,15,16). The van der Waals surface area contributed by atoms with Crippen LogP contribution < -0.4 is 10.5 Å². The Morgan fingerprint density at radius 3 is 2.82 bits per heavy atom. The zero-order valence-electron chi connectivity index (χ0n) is 8.84. The lowest BCUT2D eigenvalue weighted by atomic mass is 10.2. The van der Waals surface area contributed by atoms with Crippen LogP contribution in [0.4, 0.5) is 4.39 Å². The molecule has 0 spiro atoms. The first-order chi connectivity index (χ1) is 7.84. The monoisotopic (exact) mass is 417 g/mol. The summed E-state index contributed by atoms with van der Waals surface area (Å²) < 4.78 is 19.2. The Morgan fingerprint density at radius 2 is 2.35 bits per heavy atom. The highest BCUT2D eigenvalue weighted by Gasteiger charge is 2.20. The van der Waals surface area contributed by atoms with Crippen LogP contribution in [0.3, 0.4) is 0 Å². The van der Waals surface area contributed by atoms with Crippen molar-refractivity contribution in [2.75, 3.05) is 6.61 Å². The number of carbonyl (C=O) groups is 1. The fourth-order valence-corrected chi connectivity index (χ4v) is 2.69. The van der Waals surface area contributed by atoms with Crippen molar-refractivity contribution in [3.05, 3.63) is 25.5 Å². The second-order valence-electron chi connectivity index (χ2n) is 3.46. The predicted octanol–water partition coefficient (Wildman–Crippen LogP) is 2.62. The lowest BCUT2D eigenvalue weighted by molar-refractivity contribution is 0.0694. The van der Waals surface area contributed by atoms with Gasteiger partial charge in [0.25, 0.3) is 0 Å². The first-order valence-electron chi connectivity index (χ1n) is 4.63. The Bertz CT molecular complexity index is 454. The van der Waals surface area contributed by atoms with Gasteiger partial charge in [0.05, 0.1) is 13.6 Å². The average Bonchev–Trinajstić information content (AvgIpc) is 2.22. The van der Waals surface area contributed by atoms with Crippen LogP contribution in [-0.4, -0.2) is 23.7 Å². The number of carboxylic acid groups (broad SMARTS) is 1. The molecule has 1 aromatic carbocycles. The molecule has 1 atom stereocenters. The third-order valence-electron chi connectivity index (χ3n) is 1.84. The molecule has 0 bridgehead atoms. The highest BCUT2D eigenvalue weighted by molar-refractivity contribution is 14.1. The lowest BCUT2D eigenvalue weighted by Gasteiger charge is -2.14. The van der Waals surface area contributed by atoms with Gasteiger partial charge in [-0.15, -0.1) is 0 Å². The number of rotatable bonds is 4. The highest BCUT2D eigenvalue weighted by Crippen LogP contribution is 2.35. The average molecular weight is 418 g/mol. The molecule has 0 aromatic heterocycles. The molecule has 0 saturated heterocycles. The first-order valence-corrected chi connectivity index (χ1v) is 6.51. The quantitative estimate of drug-likeness (QED) is 0.583. The second kappa shape index (κ2) is 5.96. The Labute approximate surface area is 120 Å². The van der Waals surface area contributed by atoms with Crippen molar-refractivity contribution in [1.29, 1.82) is 0 Å². The molecule has 0 aliphatic heterocycles. The van der Waals surface area contributed by atoms with Gasteiger partial charge in [-0.2, -0.15) is 0 Å². The van der Waals surface area contributed by atoms with Gasteiger partial charge in [0.1, 0.15) is 12.4 Å². The molecule has 1 rings (SSSR count). The molecule has 0 saturated carbocycles. The van der Waals surface area contributed by atoms with Crippen LogP contribution in [0.15, 0.2) is 10.5 Å². The van der Waals surface area contributed by atoms with Gasteiger partial charge in [-0.1, -0.05) is 0 Å². The molecule has 3 N–H and O–H groups in total. The van der Waals surface area contributed by atoms with Gasteiger partial charge < -0.3 is 15.6 Å². The van der Waals surface area contributed by atoms with E-state index in [9.17, 15) is 9.18 Å². The normalized spacial score (nSPS) is 12.3. The van der Waals surface area contributed by atoms with Crippen LogP contribution >= 0.6 is 38.5 Å². The van der Waals surface area contributed by atoms with E-state index in [4.69, 9.17) is 15.6 Å². The Hall–Kier alpha value is -0.410. The predicted molar refractivity (Wildman–Crippen MR) is 72.9 cm³/mol. The first kappa shape index (κ1) is 14.7. The molecule has 94 valence electrons. The maximum absolute atomic E-state index is 13.5. The summed E-state index contributed by atoms with van der Waals surface area (Å²) in [6.07, 6.45) is 0. The molecule has 0 amide bonds. The van der Waals surface area contributed by atoms with Gasteiger partial charge in [-0.3, -0.25) is 0 Å². The summed E-state index contributed by atoms with van der Waals surface area (Å²) in [4.78, 5) is 10.9. The van der Waals surface area contributed by atoms with Gasteiger partial charge in [0.2, 0.25) is 0 Å². The molecular weight excluding hydrogens is 408 g/mol. The maximum Gasteiger partial charge on any atom is 0.337 e. The summed E-state index contributed by atoms with van der Waals surface area (Å²) in [5.41, 5.74) is 5.39. The molecule has 0 radical (unpaired) electrons. The van der Waals surface area contributed by atoms with Crippen LogP contribution in [0.2, 0.25) is 0 Å². The van der Waals surface area contributed by atoms with Crippen molar-refractivity contribution in [2.24, 2.45) is 5.73 Å². The summed E-state index contributed by atoms with van der Waals surface area (Å²) in [6, 6.07) is 0.724. The number of halogens is 3. The SMILES string of the molecule is CC(N)COc1c(Br)c(F)cc(C(=O)O)c1I. The number of hydrogen-bond acceptors (Lipinski definition) is 3. The van der Waals surface area contributed by atoms with Crippen LogP contribution in [0.1, 0.15) is 17.3 Å². The third-order valence-corrected chi connectivity index (χ3v) is 3.65. The van der Waals surface area contributed by atoms with Gasteiger partial charge in [-0.25, -0.2) is 9.18 Å².